The second-order valence-electron chi connectivity index (χ2n) is 7.99. The summed E-state index contributed by atoms with van der Waals surface area (Å²) in [5, 5.41) is 9.75. The molecule has 0 fully saturated rings. The Balaban J connectivity index is 1.55. The number of fused-ring (bicyclic) bond motifs is 1. The summed E-state index contributed by atoms with van der Waals surface area (Å²) >= 11 is 0. The van der Waals surface area contributed by atoms with Crippen LogP contribution in [-0.4, -0.2) is 56.0 Å². The molecule has 2 heterocycles. The summed E-state index contributed by atoms with van der Waals surface area (Å²) in [6.07, 6.45) is 1.04. The molecular formula is C23H23N5O7S. The third-order valence-electron chi connectivity index (χ3n) is 5.69. The molecule has 36 heavy (non-hydrogen) atoms. The predicted octanol–water partition coefficient (Wildman–Crippen LogP) is 1.38. The molecule has 0 aliphatic rings. The summed E-state index contributed by atoms with van der Waals surface area (Å²) in [6, 6.07) is 12.9. The molecule has 0 radical (unpaired) electrons. The number of ether oxygens (including phenoxy) is 1. The number of benzene rings is 2. The number of sulfonamides is 1. The third kappa shape index (κ3) is 4.78. The molecule has 0 spiro atoms. The number of likely N-dealkylation sites (N-methyl/N-ethyl adjacent to an activating group) is 1. The molecule has 0 saturated carbocycles. The second-order valence-corrected chi connectivity index (χ2v) is 9.99. The number of aliphatic carboxylic acids is 1. The Morgan fingerprint density at radius 2 is 1.75 bits per heavy atom. The highest BCUT2D eigenvalue weighted by Crippen LogP contribution is 2.25. The number of aromatic amines is 1. The molecule has 4 rings (SSSR count). The van der Waals surface area contributed by atoms with Gasteiger partial charge in [-0.2, -0.15) is 4.31 Å². The first kappa shape index (κ1) is 24.9. The van der Waals surface area contributed by atoms with Crippen LogP contribution >= 0.6 is 0 Å². The maximum absolute atomic E-state index is 13.2. The van der Waals surface area contributed by atoms with Gasteiger partial charge in [0.2, 0.25) is 10.0 Å². The Morgan fingerprint density at radius 1 is 1.11 bits per heavy atom. The molecule has 0 saturated heterocycles. The minimum absolute atomic E-state index is 0.109. The van der Waals surface area contributed by atoms with Gasteiger partial charge in [-0.15, -0.1) is 0 Å². The van der Waals surface area contributed by atoms with Gasteiger partial charge < -0.3 is 14.4 Å². The molecule has 2 N–H and O–H groups in total. The molecule has 1 unspecified atom stereocenters. The van der Waals surface area contributed by atoms with Crippen molar-refractivity contribution in [2.24, 2.45) is 7.05 Å². The van der Waals surface area contributed by atoms with Crippen LogP contribution in [-0.2, 0) is 28.4 Å². The minimum atomic E-state index is -4.22. The number of hydrogen-bond acceptors (Lipinski definition) is 7. The number of hydrogen-bond donors (Lipinski definition) is 2. The fourth-order valence-corrected chi connectivity index (χ4v) is 5.06. The first-order valence-electron chi connectivity index (χ1n) is 10.8. The van der Waals surface area contributed by atoms with E-state index in [1.165, 1.54) is 35.2 Å². The number of carbonyl (C=O) groups is 1. The monoisotopic (exact) mass is 513 g/mol. The summed E-state index contributed by atoms with van der Waals surface area (Å²) < 4.78 is 34.9. The molecule has 2 aromatic carbocycles. The Hall–Kier alpha value is -4.23. The zero-order chi connectivity index (χ0) is 26.0. The lowest BCUT2D eigenvalue weighted by atomic mass is 10.2. The van der Waals surface area contributed by atoms with E-state index in [1.807, 2.05) is 6.07 Å². The molecule has 0 bridgehead atoms. The molecule has 4 aromatic rings. The standard InChI is InChI=1S/C23H23N5O7S/c1-26-14-24-20-19(26)21(29)28(23(32)25-20)13-12-18(22(30)31)27(2)36(33,34)17-10-8-16(9-11-17)35-15-6-4-3-5-7-15/h3-11,14,18H,12-13H2,1-2H3,(H,25,32)(H,30,31). The molecule has 0 aliphatic carbocycles. The predicted molar refractivity (Wildman–Crippen MR) is 130 cm³/mol. The van der Waals surface area contributed by atoms with Crippen molar-refractivity contribution in [1.82, 2.24) is 23.4 Å². The van der Waals surface area contributed by atoms with Crippen LogP contribution in [0.15, 0.2) is 75.4 Å². The highest BCUT2D eigenvalue weighted by atomic mass is 32.2. The number of rotatable bonds is 9. The number of aryl methyl sites for hydroxylation is 1. The maximum atomic E-state index is 13.2. The average molecular weight is 514 g/mol. The molecule has 0 amide bonds. The van der Waals surface area contributed by atoms with Crippen LogP contribution in [0.3, 0.4) is 0 Å². The summed E-state index contributed by atoms with van der Waals surface area (Å²) in [4.78, 5) is 43.4. The molecule has 188 valence electrons. The highest BCUT2D eigenvalue weighted by Gasteiger charge is 2.33. The Kier molecular flexibility index (Phi) is 6.77. The summed E-state index contributed by atoms with van der Waals surface area (Å²) in [5.74, 6) is -0.441. The SMILES string of the molecule is CN(C(CCn1c(=O)[nH]c2ncn(C)c2c1=O)C(=O)O)S(=O)(=O)c1ccc(Oc2ccccc2)cc1. The van der Waals surface area contributed by atoms with E-state index in [2.05, 4.69) is 9.97 Å². The fraction of sp³-hybridized carbons (Fsp3) is 0.217. The van der Waals surface area contributed by atoms with Crippen molar-refractivity contribution < 1.29 is 23.1 Å². The van der Waals surface area contributed by atoms with E-state index in [9.17, 15) is 27.9 Å². The smallest absolute Gasteiger partial charge is 0.330 e. The number of aromatic nitrogens is 4. The van der Waals surface area contributed by atoms with Crippen molar-refractivity contribution in [2.45, 2.75) is 23.9 Å². The van der Waals surface area contributed by atoms with E-state index >= 15 is 0 Å². The highest BCUT2D eigenvalue weighted by molar-refractivity contribution is 7.89. The van der Waals surface area contributed by atoms with Crippen LogP contribution in [0.1, 0.15) is 6.42 Å². The van der Waals surface area contributed by atoms with Gasteiger partial charge >= 0.3 is 11.7 Å². The van der Waals surface area contributed by atoms with Crippen LogP contribution in [0.2, 0.25) is 0 Å². The van der Waals surface area contributed by atoms with E-state index in [0.717, 1.165) is 11.6 Å². The fourth-order valence-electron chi connectivity index (χ4n) is 3.72. The number of nitrogens with zero attached hydrogens (tertiary/aromatic N) is 4. The van der Waals surface area contributed by atoms with Gasteiger partial charge in [-0.1, -0.05) is 18.2 Å². The second kappa shape index (κ2) is 9.79. The van der Waals surface area contributed by atoms with Crippen LogP contribution in [0.5, 0.6) is 11.5 Å². The van der Waals surface area contributed by atoms with Crippen LogP contribution in [0.4, 0.5) is 0 Å². The lowest BCUT2D eigenvalue weighted by Gasteiger charge is -2.24. The topological polar surface area (TPSA) is 157 Å². The number of imidazole rings is 1. The lowest BCUT2D eigenvalue weighted by molar-refractivity contribution is -0.141. The Bertz CT molecular complexity index is 1620. The Labute approximate surface area is 205 Å². The van der Waals surface area contributed by atoms with Crippen molar-refractivity contribution in [3.8, 4) is 11.5 Å². The molecule has 1 atom stereocenters. The number of para-hydroxylation sites is 1. The van der Waals surface area contributed by atoms with Gasteiger partial charge in [0.25, 0.3) is 5.56 Å². The lowest BCUT2D eigenvalue weighted by Crippen LogP contribution is -2.44. The summed E-state index contributed by atoms with van der Waals surface area (Å²) in [7, 11) is -1.50. The van der Waals surface area contributed by atoms with Crippen LogP contribution in [0.25, 0.3) is 11.2 Å². The first-order chi connectivity index (χ1) is 17.1. The third-order valence-corrected chi connectivity index (χ3v) is 7.57. The van der Waals surface area contributed by atoms with Gasteiger partial charge in [0, 0.05) is 20.6 Å². The first-order valence-corrected chi connectivity index (χ1v) is 12.2. The van der Waals surface area contributed by atoms with Gasteiger partial charge in [-0.05, 0) is 42.8 Å². The van der Waals surface area contributed by atoms with E-state index in [1.54, 1.807) is 31.3 Å². The molecule has 0 aliphatic heterocycles. The number of carboxylic acids is 1. The van der Waals surface area contributed by atoms with Crippen molar-refractivity contribution in [3.05, 3.63) is 81.8 Å². The van der Waals surface area contributed by atoms with Gasteiger partial charge in [0.15, 0.2) is 11.2 Å². The molecule has 13 heteroatoms. The van der Waals surface area contributed by atoms with Crippen LogP contribution < -0.4 is 16.0 Å². The van der Waals surface area contributed by atoms with Gasteiger partial charge in [-0.25, -0.2) is 18.2 Å². The largest absolute Gasteiger partial charge is 0.480 e. The van der Waals surface area contributed by atoms with E-state index in [-0.39, 0.29) is 29.0 Å². The zero-order valence-electron chi connectivity index (χ0n) is 19.4. The van der Waals surface area contributed by atoms with Crippen LogP contribution in [0, 0.1) is 0 Å². The number of carboxylic acid groups (broad SMARTS) is 1. The normalized spacial score (nSPS) is 12.6. The van der Waals surface area contributed by atoms with Gasteiger partial charge in [0.05, 0.1) is 11.2 Å². The number of nitrogens with one attached hydrogen (secondary N) is 1. The molecule has 12 nitrogen and oxygen atoms in total. The molecular weight excluding hydrogens is 490 g/mol. The molecule has 2 aromatic heterocycles. The van der Waals surface area contributed by atoms with Crippen molar-refractivity contribution >= 4 is 27.2 Å². The van der Waals surface area contributed by atoms with E-state index in [4.69, 9.17) is 4.74 Å². The average Bonchev–Trinajstić information content (AvgIpc) is 3.21. The number of H-pyrrole nitrogens is 1. The van der Waals surface area contributed by atoms with Crippen molar-refractivity contribution in [1.29, 1.82) is 0 Å². The van der Waals surface area contributed by atoms with Crippen molar-refractivity contribution in [3.63, 3.8) is 0 Å². The summed E-state index contributed by atoms with van der Waals surface area (Å²) in [6.45, 7) is -0.323. The maximum Gasteiger partial charge on any atom is 0.330 e. The van der Waals surface area contributed by atoms with E-state index in [0.29, 0.717) is 15.8 Å². The quantitative estimate of drug-likeness (QED) is 0.340. The zero-order valence-corrected chi connectivity index (χ0v) is 20.2. The van der Waals surface area contributed by atoms with Crippen molar-refractivity contribution in [2.75, 3.05) is 7.05 Å². The minimum Gasteiger partial charge on any atom is -0.480 e. The van der Waals surface area contributed by atoms with E-state index < -0.39 is 33.3 Å². The summed E-state index contributed by atoms with van der Waals surface area (Å²) in [5.41, 5.74) is -1.18. The Morgan fingerprint density at radius 3 is 2.39 bits per heavy atom. The van der Waals surface area contributed by atoms with Gasteiger partial charge in [-0.3, -0.25) is 19.1 Å². The van der Waals surface area contributed by atoms with Gasteiger partial charge in [0.1, 0.15) is 17.5 Å².